The maximum Gasteiger partial charge on any atom is 0.127 e. The minimum Gasteiger partial charge on any atom is -0.494 e. The zero-order valence-corrected chi connectivity index (χ0v) is 18.7. The largest absolute Gasteiger partial charge is 0.494 e. The molecule has 0 atom stereocenters. The summed E-state index contributed by atoms with van der Waals surface area (Å²) in [4.78, 5) is 0. The Bertz CT molecular complexity index is 525. The van der Waals surface area contributed by atoms with Gasteiger partial charge in [-0.25, -0.2) is 0 Å². The Kier molecular flexibility index (Phi) is 13.2. The highest BCUT2D eigenvalue weighted by Crippen LogP contribution is 2.30. The summed E-state index contributed by atoms with van der Waals surface area (Å²) < 4.78 is 11.8. The van der Waals surface area contributed by atoms with Gasteiger partial charge in [-0.2, -0.15) is 12.6 Å². The van der Waals surface area contributed by atoms with Crippen molar-refractivity contribution in [1.82, 2.24) is 0 Å². The first-order chi connectivity index (χ1) is 13.0. The summed E-state index contributed by atoms with van der Waals surface area (Å²) in [5.41, 5.74) is 2.04. The smallest absolute Gasteiger partial charge is 0.127 e. The van der Waals surface area contributed by atoms with E-state index in [-0.39, 0.29) is 6.10 Å². The topological polar surface area (TPSA) is 18.5 Å². The van der Waals surface area contributed by atoms with Gasteiger partial charge in [-0.1, -0.05) is 57.9 Å². The first-order valence-corrected chi connectivity index (χ1v) is 11.4. The van der Waals surface area contributed by atoms with Crippen molar-refractivity contribution in [2.75, 3.05) is 12.4 Å². The van der Waals surface area contributed by atoms with Crippen LogP contribution in [0.2, 0.25) is 0 Å². The van der Waals surface area contributed by atoms with Crippen molar-refractivity contribution in [2.45, 2.75) is 91.1 Å². The zero-order chi connectivity index (χ0) is 19.9. The normalized spacial score (nSPS) is 11.0. The van der Waals surface area contributed by atoms with E-state index in [0.29, 0.717) is 0 Å². The van der Waals surface area contributed by atoms with Crippen LogP contribution in [0.3, 0.4) is 0 Å². The lowest BCUT2D eigenvalue weighted by Gasteiger charge is -2.16. The molecule has 1 rings (SSSR count). The predicted molar refractivity (Wildman–Crippen MR) is 122 cm³/mol. The van der Waals surface area contributed by atoms with Crippen LogP contribution in [0.1, 0.15) is 90.5 Å². The lowest BCUT2D eigenvalue weighted by Crippen LogP contribution is -2.07. The molecule has 0 aromatic heterocycles. The first kappa shape index (κ1) is 23.9. The molecule has 0 saturated heterocycles. The van der Waals surface area contributed by atoms with Gasteiger partial charge in [-0.05, 0) is 63.1 Å². The van der Waals surface area contributed by atoms with E-state index in [2.05, 4.69) is 19.2 Å². The molecule has 0 saturated carbocycles. The van der Waals surface area contributed by atoms with Gasteiger partial charge in [0.15, 0.2) is 0 Å². The molecule has 1 aromatic rings. The molecule has 154 valence electrons. The van der Waals surface area contributed by atoms with Gasteiger partial charge in [0, 0.05) is 5.56 Å². The van der Waals surface area contributed by atoms with Crippen molar-refractivity contribution >= 4 is 18.2 Å². The lowest BCUT2D eigenvalue weighted by atomic mass is 10.1. The van der Waals surface area contributed by atoms with Crippen LogP contribution in [-0.2, 0) is 0 Å². The maximum atomic E-state index is 5.94. The molecule has 0 aliphatic rings. The maximum absolute atomic E-state index is 5.94. The fraction of sp³-hybridized carbons (Fsp3) is 0.667. The van der Waals surface area contributed by atoms with Gasteiger partial charge in [0.2, 0.25) is 0 Å². The number of hydrogen-bond donors (Lipinski definition) is 1. The van der Waals surface area contributed by atoms with Gasteiger partial charge in [-0.3, -0.25) is 0 Å². The lowest BCUT2D eigenvalue weighted by molar-refractivity contribution is 0.241. The van der Waals surface area contributed by atoms with Gasteiger partial charge in [0.05, 0.1) is 12.7 Å². The molecular weight excluding hydrogens is 352 g/mol. The number of thiol groups is 1. The molecule has 0 heterocycles. The van der Waals surface area contributed by atoms with Crippen LogP contribution in [-0.4, -0.2) is 18.5 Å². The Hall–Kier alpha value is -1.09. The second-order valence-electron chi connectivity index (χ2n) is 7.71. The van der Waals surface area contributed by atoms with E-state index >= 15 is 0 Å². The van der Waals surface area contributed by atoms with Gasteiger partial charge < -0.3 is 9.47 Å². The molecule has 0 spiro atoms. The molecule has 0 bridgehead atoms. The summed E-state index contributed by atoms with van der Waals surface area (Å²) in [6, 6.07) is 6.04. The third-order valence-electron chi connectivity index (χ3n) is 4.59. The van der Waals surface area contributed by atoms with Crippen molar-refractivity contribution in [3.8, 4) is 11.5 Å². The van der Waals surface area contributed by atoms with Gasteiger partial charge in [-0.15, -0.1) is 0 Å². The van der Waals surface area contributed by atoms with Crippen LogP contribution in [0.4, 0.5) is 0 Å². The van der Waals surface area contributed by atoms with E-state index in [0.717, 1.165) is 41.4 Å². The molecule has 0 aliphatic carbocycles. The van der Waals surface area contributed by atoms with Crippen molar-refractivity contribution in [2.24, 2.45) is 0 Å². The highest BCUT2D eigenvalue weighted by Gasteiger charge is 2.08. The molecule has 1 aromatic carbocycles. The van der Waals surface area contributed by atoms with Gasteiger partial charge in [0.1, 0.15) is 11.5 Å². The number of unbranched alkanes of at least 4 members (excludes halogenated alkanes) is 9. The summed E-state index contributed by atoms with van der Waals surface area (Å²) in [6.07, 6.45) is 13.3. The summed E-state index contributed by atoms with van der Waals surface area (Å²) in [5.74, 6) is 2.83. The molecule has 0 radical (unpaired) electrons. The number of allylic oxidation sites excluding steroid dienone is 1. The standard InChI is InChI=1S/C24H40O2S/c1-20(2)23-19-22(15-16-24(23)26-21(3)4)25-17-13-11-9-7-5-6-8-10-12-14-18-27/h15-16,19,21,27H,1,5-14,17-18H2,2-4H3. The third-order valence-corrected chi connectivity index (χ3v) is 4.91. The highest BCUT2D eigenvalue weighted by molar-refractivity contribution is 7.80. The van der Waals surface area contributed by atoms with Crippen molar-refractivity contribution in [1.29, 1.82) is 0 Å². The number of benzene rings is 1. The van der Waals surface area contributed by atoms with Crippen LogP contribution in [0.25, 0.3) is 5.57 Å². The van der Waals surface area contributed by atoms with Crippen LogP contribution >= 0.6 is 12.6 Å². The van der Waals surface area contributed by atoms with Gasteiger partial charge >= 0.3 is 0 Å². The van der Waals surface area contributed by atoms with Crippen LogP contribution < -0.4 is 9.47 Å². The summed E-state index contributed by atoms with van der Waals surface area (Å²) in [5, 5.41) is 0. The highest BCUT2D eigenvalue weighted by atomic mass is 32.1. The molecule has 0 fully saturated rings. The van der Waals surface area contributed by atoms with Crippen molar-refractivity contribution < 1.29 is 9.47 Å². The fourth-order valence-electron chi connectivity index (χ4n) is 3.11. The Morgan fingerprint density at radius 1 is 0.926 bits per heavy atom. The molecule has 0 aliphatic heterocycles. The summed E-state index contributed by atoms with van der Waals surface area (Å²) in [7, 11) is 0. The SMILES string of the molecule is C=C(C)c1cc(OCCCCCCCCCCCCS)ccc1OC(C)C. The summed E-state index contributed by atoms with van der Waals surface area (Å²) in [6.45, 7) is 10.9. The van der Waals surface area contributed by atoms with E-state index in [1.54, 1.807) is 0 Å². The minimum absolute atomic E-state index is 0.155. The Morgan fingerprint density at radius 3 is 2.00 bits per heavy atom. The van der Waals surface area contributed by atoms with Crippen molar-refractivity contribution in [3.05, 3.63) is 30.3 Å². The molecule has 2 nitrogen and oxygen atoms in total. The van der Waals surface area contributed by atoms with E-state index in [1.807, 2.05) is 39.0 Å². The Labute approximate surface area is 173 Å². The zero-order valence-electron chi connectivity index (χ0n) is 17.8. The number of ether oxygens (including phenoxy) is 2. The molecule has 27 heavy (non-hydrogen) atoms. The summed E-state index contributed by atoms with van der Waals surface area (Å²) >= 11 is 4.25. The number of rotatable bonds is 16. The Morgan fingerprint density at radius 2 is 1.48 bits per heavy atom. The fourth-order valence-corrected chi connectivity index (χ4v) is 3.33. The van der Waals surface area contributed by atoms with Gasteiger partial charge in [0.25, 0.3) is 0 Å². The predicted octanol–water partition coefficient (Wildman–Crippen LogP) is 7.72. The van der Waals surface area contributed by atoms with Crippen LogP contribution in [0.15, 0.2) is 24.8 Å². The van der Waals surface area contributed by atoms with Crippen LogP contribution in [0, 0.1) is 0 Å². The van der Waals surface area contributed by atoms with E-state index in [1.165, 1.54) is 57.8 Å². The second kappa shape index (κ2) is 14.9. The van der Waals surface area contributed by atoms with E-state index in [4.69, 9.17) is 9.47 Å². The monoisotopic (exact) mass is 392 g/mol. The quantitative estimate of drug-likeness (QED) is 0.229. The third kappa shape index (κ3) is 11.4. The van der Waals surface area contributed by atoms with E-state index in [9.17, 15) is 0 Å². The van der Waals surface area contributed by atoms with Crippen LogP contribution in [0.5, 0.6) is 11.5 Å². The number of hydrogen-bond acceptors (Lipinski definition) is 3. The molecule has 0 N–H and O–H groups in total. The average Bonchev–Trinajstić information content (AvgIpc) is 2.63. The van der Waals surface area contributed by atoms with E-state index < -0.39 is 0 Å². The first-order valence-electron chi connectivity index (χ1n) is 10.7. The second-order valence-corrected chi connectivity index (χ2v) is 8.16. The molecule has 3 heteroatoms. The molecule has 0 unspecified atom stereocenters. The van der Waals surface area contributed by atoms with Crippen molar-refractivity contribution in [3.63, 3.8) is 0 Å². The minimum atomic E-state index is 0.155. The average molecular weight is 393 g/mol. The molecule has 0 amide bonds. The molecular formula is C24H40O2S. The Balaban J connectivity index is 2.16.